The van der Waals surface area contributed by atoms with Crippen molar-refractivity contribution in [3.63, 3.8) is 0 Å². The molecule has 0 aliphatic heterocycles. The molecule has 0 radical (unpaired) electrons. The zero-order chi connectivity index (χ0) is 8.48. The van der Waals surface area contributed by atoms with Gasteiger partial charge in [-0.3, -0.25) is 0 Å². The Labute approximate surface area is 70.4 Å². The van der Waals surface area contributed by atoms with E-state index in [1.807, 2.05) is 0 Å². The Morgan fingerprint density at radius 3 is 2.27 bits per heavy atom. The van der Waals surface area contributed by atoms with Crippen LogP contribution in [0.4, 0.5) is 0 Å². The molecule has 66 valence electrons. The first kappa shape index (κ1) is 9.05. The summed E-state index contributed by atoms with van der Waals surface area (Å²) < 4.78 is 0. The van der Waals surface area contributed by atoms with Crippen molar-refractivity contribution in [1.82, 2.24) is 0 Å². The summed E-state index contributed by atoms with van der Waals surface area (Å²) in [7, 11) is 0. The third-order valence-corrected chi connectivity index (χ3v) is 3.41. The van der Waals surface area contributed by atoms with E-state index >= 15 is 0 Å². The standard InChI is InChI=1S/C10H21N/c1-4-5-6-8-9(7-11)10(8,2)3/h8-9H,4-7,11H2,1-3H3/t8-,9-/m1/s1. The van der Waals surface area contributed by atoms with Crippen molar-refractivity contribution in [3.8, 4) is 0 Å². The summed E-state index contributed by atoms with van der Waals surface area (Å²) in [5.41, 5.74) is 6.23. The monoisotopic (exact) mass is 155 g/mol. The van der Waals surface area contributed by atoms with Crippen LogP contribution in [-0.2, 0) is 0 Å². The quantitative estimate of drug-likeness (QED) is 0.663. The fourth-order valence-electron chi connectivity index (χ4n) is 2.32. The molecule has 0 aromatic rings. The van der Waals surface area contributed by atoms with Crippen LogP contribution in [0, 0.1) is 17.3 Å². The minimum absolute atomic E-state index is 0.559. The molecular formula is C10H21N. The first-order valence-electron chi connectivity index (χ1n) is 4.84. The van der Waals surface area contributed by atoms with Crippen LogP contribution in [-0.4, -0.2) is 6.54 Å². The van der Waals surface area contributed by atoms with E-state index in [1.165, 1.54) is 19.3 Å². The summed E-state index contributed by atoms with van der Waals surface area (Å²) in [6.07, 6.45) is 4.10. The second kappa shape index (κ2) is 3.14. The van der Waals surface area contributed by atoms with Crippen LogP contribution >= 0.6 is 0 Å². The van der Waals surface area contributed by atoms with Gasteiger partial charge in [0.1, 0.15) is 0 Å². The van der Waals surface area contributed by atoms with Gasteiger partial charge in [0.15, 0.2) is 0 Å². The Balaban J connectivity index is 2.28. The van der Waals surface area contributed by atoms with E-state index < -0.39 is 0 Å². The lowest BCUT2D eigenvalue weighted by Gasteiger charge is -2.00. The first-order valence-corrected chi connectivity index (χ1v) is 4.84. The Morgan fingerprint density at radius 2 is 1.91 bits per heavy atom. The molecule has 0 heterocycles. The molecule has 0 aromatic heterocycles. The van der Waals surface area contributed by atoms with Gasteiger partial charge in [0.05, 0.1) is 0 Å². The molecular weight excluding hydrogens is 134 g/mol. The van der Waals surface area contributed by atoms with Crippen LogP contribution in [0.2, 0.25) is 0 Å². The molecule has 0 amide bonds. The number of hydrogen-bond donors (Lipinski definition) is 1. The Hall–Kier alpha value is -0.0400. The van der Waals surface area contributed by atoms with Crippen molar-refractivity contribution < 1.29 is 0 Å². The molecule has 1 nitrogen and oxygen atoms in total. The van der Waals surface area contributed by atoms with Gasteiger partial charge in [-0.15, -0.1) is 0 Å². The second-order valence-corrected chi connectivity index (χ2v) is 4.41. The number of nitrogens with two attached hydrogens (primary N) is 1. The van der Waals surface area contributed by atoms with E-state index in [0.29, 0.717) is 5.41 Å². The highest BCUT2D eigenvalue weighted by molar-refractivity contribution is 5.04. The van der Waals surface area contributed by atoms with Gasteiger partial charge in [0.2, 0.25) is 0 Å². The van der Waals surface area contributed by atoms with E-state index in [-0.39, 0.29) is 0 Å². The molecule has 0 unspecified atom stereocenters. The third-order valence-electron chi connectivity index (χ3n) is 3.41. The minimum Gasteiger partial charge on any atom is -0.330 e. The van der Waals surface area contributed by atoms with E-state index in [2.05, 4.69) is 20.8 Å². The molecule has 1 aliphatic carbocycles. The van der Waals surface area contributed by atoms with E-state index in [1.54, 1.807) is 0 Å². The third kappa shape index (κ3) is 1.58. The van der Waals surface area contributed by atoms with Crippen LogP contribution in [0.5, 0.6) is 0 Å². The van der Waals surface area contributed by atoms with Gasteiger partial charge in [0.25, 0.3) is 0 Å². The van der Waals surface area contributed by atoms with E-state index in [0.717, 1.165) is 18.4 Å². The summed E-state index contributed by atoms with van der Waals surface area (Å²) in [6, 6.07) is 0. The highest BCUT2D eigenvalue weighted by atomic mass is 14.7. The summed E-state index contributed by atoms with van der Waals surface area (Å²) in [5, 5.41) is 0. The normalized spacial score (nSPS) is 33.8. The van der Waals surface area contributed by atoms with Crippen LogP contribution in [0.1, 0.15) is 40.0 Å². The zero-order valence-electron chi connectivity index (χ0n) is 8.06. The average Bonchev–Trinajstić information content (AvgIpc) is 2.48. The lowest BCUT2D eigenvalue weighted by molar-refractivity contribution is 0.510. The Morgan fingerprint density at radius 1 is 1.27 bits per heavy atom. The maximum Gasteiger partial charge on any atom is -0.00408 e. The van der Waals surface area contributed by atoms with E-state index in [9.17, 15) is 0 Å². The number of unbranched alkanes of at least 4 members (excludes halogenated alkanes) is 1. The van der Waals surface area contributed by atoms with Crippen molar-refractivity contribution >= 4 is 0 Å². The Kier molecular flexibility index (Phi) is 2.58. The molecule has 1 fully saturated rings. The van der Waals surface area contributed by atoms with Gasteiger partial charge in [-0.2, -0.15) is 0 Å². The zero-order valence-corrected chi connectivity index (χ0v) is 8.06. The SMILES string of the molecule is CCCC[C@@H]1[C@@H](CN)C1(C)C. The van der Waals surface area contributed by atoms with Gasteiger partial charge >= 0.3 is 0 Å². The van der Waals surface area contributed by atoms with Crippen LogP contribution in [0.3, 0.4) is 0 Å². The predicted octanol–water partition coefficient (Wildman–Crippen LogP) is 2.41. The fourth-order valence-corrected chi connectivity index (χ4v) is 2.32. The molecule has 1 saturated carbocycles. The summed E-state index contributed by atoms with van der Waals surface area (Å²) in [6.45, 7) is 7.85. The van der Waals surface area contributed by atoms with Crippen molar-refractivity contribution in [2.75, 3.05) is 6.54 Å². The molecule has 0 aromatic carbocycles. The molecule has 0 bridgehead atoms. The Bertz CT molecular complexity index is 129. The molecule has 1 heteroatoms. The van der Waals surface area contributed by atoms with Gasteiger partial charge in [0, 0.05) is 0 Å². The van der Waals surface area contributed by atoms with Crippen LogP contribution in [0.25, 0.3) is 0 Å². The maximum atomic E-state index is 5.67. The average molecular weight is 155 g/mol. The first-order chi connectivity index (χ1) is 5.14. The molecule has 2 atom stereocenters. The highest BCUT2D eigenvalue weighted by Crippen LogP contribution is 2.59. The van der Waals surface area contributed by atoms with Crippen molar-refractivity contribution in [2.24, 2.45) is 23.0 Å². The molecule has 1 aliphatic rings. The fraction of sp³-hybridized carbons (Fsp3) is 1.00. The maximum absolute atomic E-state index is 5.67. The van der Waals surface area contributed by atoms with Gasteiger partial charge in [-0.05, 0) is 30.2 Å². The lowest BCUT2D eigenvalue weighted by Crippen LogP contribution is -2.05. The molecule has 1 rings (SSSR count). The number of hydrogen-bond acceptors (Lipinski definition) is 1. The summed E-state index contributed by atoms with van der Waals surface area (Å²) in [5.74, 6) is 1.74. The topological polar surface area (TPSA) is 26.0 Å². The van der Waals surface area contributed by atoms with Crippen molar-refractivity contribution in [2.45, 2.75) is 40.0 Å². The second-order valence-electron chi connectivity index (χ2n) is 4.41. The predicted molar refractivity (Wildman–Crippen MR) is 49.3 cm³/mol. The molecule has 0 saturated heterocycles. The van der Waals surface area contributed by atoms with Gasteiger partial charge in [-0.1, -0.05) is 33.6 Å². The van der Waals surface area contributed by atoms with Gasteiger partial charge in [-0.25, -0.2) is 0 Å². The lowest BCUT2D eigenvalue weighted by atomic mass is 10.1. The summed E-state index contributed by atoms with van der Waals surface area (Å²) in [4.78, 5) is 0. The van der Waals surface area contributed by atoms with E-state index in [4.69, 9.17) is 5.73 Å². The van der Waals surface area contributed by atoms with Gasteiger partial charge < -0.3 is 5.73 Å². The smallest absolute Gasteiger partial charge is 0.00408 e. The van der Waals surface area contributed by atoms with Crippen molar-refractivity contribution in [3.05, 3.63) is 0 Å². The molecule has 0 spiro atoms. The number of rotatable bonds is 4. The van der Waals surface area contributed by atoms with Crippen LogP contribution < -0.4 is 5.73 Å². The minimum atomic E-state index is 0.559. The largest absolute Gasteiger partial charge is 0.330 e. The summed E-state index contributed by atoms with van der Waals surface area (Å²) >= 11 is 0. The van der Waals surface area contributed by atoms with Crippen LogP contribution in [0.15, 0.2) is 0 Å². The molecule has 2 N–H and O–H groups in total. The molecule has 11 heavy (non-hydrogen) atoms. The van der Waals surface area contributed by atoms with Crippen molar-refractivity contribution in [1.29, 1.82) is 0 Å². The highest BCUT2D eigenvalue weighted by Gasteiger charge is 2.55.